The molecule has 30 heavy (non-hydrogen) atoms. The summed E-state index contributed by atoms with van der Waals surface area (Å²) < 4.78 is 7.59. The van der Waals surface area contributed by atoms with Crippen LogP contribution < -0.4 is 15.4 Å². The topological polar surface area (TPSA) is 89.3 Å². The molecule has 1 aliphatic heterocycles. The second-order valence-electron chi connectivity index (χ2n) is 8.81. The van der Waals surface area contributed by atoms with Crippen molar-refractivity contribution in [3.8, 4) is 17.1 Å². The van der Waals surface area contributed by atoms with Crippen molar-refractivity contribution in [1.29, 1.82) is 0 Å². The van der Waals surface area contributed by atoms with E-state index in [-0.39, 0.29) is 0 Å². The molecule has 8 nitrogen and oxygen atoms in total. The molecule has 4 atom stereocenters. The monoisotopic (exact) mass is 405 g/mol. The van der Waals surface area contributed by atoms with E-state index in [0.29, 0.717) is 17.9 Å². The van der Waals surface area contributed by atoms with Crippen LogP contribution in [0.5, 0.6) is 5.75 Å². The zero-order valence-corrected chi connectivity index (χ0v) is 17.2. The Morgan fingerprint density at radius 3 is 2.93 bits per heavy atom. The molecule has 3 aromatic rings. The fourth-order valence-electron chi connectivity index (χ4n) is 5.27. The molecule has 3 aliphatic rings. The van der Waals surface area contributed by atoms with Crippen LogP contribution in [0.25, 0.3) is 17.0 Å². The number of anilines is 1. The molecule has 3 aromatic heterocycles. The van der Waals surface area contributed by atoms with E-state index in [1.54, 1.807) is 13.3 Å². The lowest BCUT2D eigenvalue weighted by atomic mass is 9.52. The molecule has 0 bridgehead atoms. The molecule has 2 aliphatic carbocycles. The SMILES string of the molecule is COc1cc2ncc(-c3ccnc(N[C@@H]4CCCNC4)n3)n2nc1C1CC2CCC21. The number of rotatable bonds is 5. The third-order valence-electron chi connectivity index (χ3n) is 7.15. The summed E-state index contributed by atoms with van der Waals surface area (Å²) in [6, 6.07) is 4.29. The third-order valence-corrected chi connectivity index (χ3v) is 7.15. The third kappa shape index (κ3) is 2.93. The Morgan fingerprint density at radius 1 is 1.23 bits per heavy atom. The van der Waals surface area contributed by atoms with Crippen molar-refractivity contribution in [2.75, 3.05) is 25.5 Å². The lowest BCUT2D eigenvalue weighted by molar-refractivity contribution is 0.0178. The van der Waals surface area contributed by atoms with Crippen molar-refractivity contribution in [1.82, 2.24) is 29.9 Å². The average molecular weight is 406 g/mol. The first kappa shape index (κ1) is 18.1. The van der Waals surface area contributed by atoms with Gasteiger partial charge in [-0.05, 0) is 56.6 Å². The van der Waals surface area contributed by atoms with E-state index in [4.69, 9.17) is 14.8 Å². The maximum Gasteiger partial charge on any atom is 0.223 e. The van der Waals surface area contributed by atoms with Gasteiger partial charge in [0.25, 0.3) is 0 Å². The molecule has 3 fully saturated rings. The molecule has 0 spiro atoms. The zero-order valence-electron chi connectivity index (χ0n) is 17.2. The van der Waals surface area contributed by atoms with Crippen LogP contribution in [0.4, 0.5) is 5.95 Å². The highest BCUT2D eigenvalue weighted by Crippen LogP contribution is 2.59. The molecule has 0 amide bonds. The number of nitrogens with one attached hydrogen (secondary N) is 2. The van der Waals surface area contributed by atoms with Gasteiger partial charge in [-0.3, -0.25) is 0 Å². The quantitative estimate of drug-likeness (QED) is 0.675. The Bertz CT molecular complexity index is 1070. The number of methoxy groups -OCH3 is 1. The predicted octanol–water partition coefficient (Wildman–Crippen LogP) is 2.87. The number of hydrogen-bond acceptors (Lipinski definition) is 7. The van der Waals surface area contributed by atoms with Crippen molar-refractivity contribution in [3.63, 3.8) is 0 Å². The molecule has 2 saturated carbocycles. The summed E-state index contributed by atoms with van der Waals surface area (Å²) in [6.45, 7) is 2.03. The van der Waals surface area contributed by atoms with E-state index >= 15 is 0 Å². The molecule has 4 heterocycles. The number of aromatic nitrogens is 5. The molecule has 3 unspecified atom stereocenters. The summed E-state index contributed by atoms with van der Waals surface area (Å²) >= 11 is 0. The Morgan fingerprint density at radius 2 is 2.20 bits per heavy atom. The second kappa shape index (κ2) is 7.19. The molecular formula is C22H27N7O. The number of fused-ring (bicyclic) bond motifs is 2. The highest BCUT2D eigenvalue weighted by Gasteiger charge is 2.49. The molecular weight excluding hydrogens is 378 g/mol. The number of hydrogen-bond donors (Lipinski definition) is 2. The summed E-state index contributed by atoms with van der Waals surface area (Å²) in [5, 5.41) is 11.9. The van der Waals surface area contributed by atoms with Crippen LogP contribution in [-0.4, -0.2) is 50.8 Å². The van der Waals surface area contributed by atoms with E-state index in [9.17, 15) is 0 Å². The first-order chi connectivity index (χ1) is 14.8. The minimum atomic E-state index is 0.360. The first-order valence-electron chi connectivity index (χ1n) is 11.0. The Kier molecular flexibility index (Phi) is 4.33. The fraction of sp³-hybridized carbons (Fsp3) is 0.545. The van der Waals surface area contributed by atoms with E-state index in [1.807, 2.05) is 22.8 Å². The summed E-state index contributed by atoms with van der Waals surface area (Å²) in [5.74, 6) is 3.67. The van der Waals surface area contributed by atoms with Crippen LogP contribution in [0.2, 0.25) is 0 Å². The number of piperidine rings is 1. The van der Waals surface area contributed by atoms with E-state index in [1.165, 1.54) is 25.7 Å². The molecule has 0 aromatic carbocycles. The van der Waals surface area contributed by atoms with Crippen LogP contribution in [0.15, 0.2) is 24.5 Å². The highest BCUT2D eigenvalue weighted by molar-refractivity contribution is 5.61. The summed E-state index contributed by atoms with van der Waals surface area (Å²) in [5.41, 5.74) is 3.54. The van der Waals surface area contributed by atoms with Crippen molar-refractivity contribution >= 4 is 11.6 Å². The second-order valence-corrected chi connectivity index (χ2v) is 8.81. The molecule has 6 rings (SSSR count). The number of imidazole rings is 1. The lowest BCUT2D eigenvalue weighted by Gasteiger charge is -2.52. The van der Waals surface area contributed by atoms with Gasteiger partial charge in [0.1, 0.15) is 17.1 Å². The van der Waals surface area contributed by atoms with Gasteiger partial charge in [-0.1, -0.05) is 0 Å². The average Bonchev–Trinajstić information content (AvgIpc) is 3.18. The van der Waals surface area contributed by atoms with Crippen LogP contribution in [0.3, 0.4) is 0 Å². The zero-order chi connectivity index (χ0) is 20.1. The largest absolute Gasteiger partial charge is 0.495 e. The van der Waals surface area contributed by atoms with Gasteiger partial charge < -0.3 is 15.4 Å². The van der Waals surface area contributed by atoms with Gasteiger partial charge in [0.05, 0.1) is 19.0 Å². The predicted molar refractivity (Wildman–Crippen MR) is 114 cm³/mol. The molecule has 8 heteroatoms. The molecule has 156 valence electrons. The Hall–Kier alpha value is -2.74. The van der Waals surface area contributed by atoms with Gasteiger partial charge in [-0.2, -0.15) is 5.10 Å². The minimum absolute atomic E-state index is 0.360. The van der Waals surface area contributed by atoms with Gasteiger partial charge in [0, 0.05) is 30.8 Å². The molecule has 0 radical (unpaired) electrons. The minimum Gasteiger partial charge on any atom is -0.495 e. The van der Waals surface area contributed by atoms with Gasteiger partial charge >= 0.3 is 0 Å². The van der Waals surface area contributed by atoms with E-state index in [0.717, 1.165) is 59.8 Å². The Labute approximate surface area is 175 Å². The number of nitrogens with zero attached hydrogens (tertiary/aromatic N) is 5. The molecule has 1 saturated heterocycles. The van der Waals surface area contributed by atoms with Gasteiger partial charge in [0.2, 0.25) is 5.95 Å². The van der Waals surface area contributed by atoms with Crippen molar-refractivity contribution in [3.05, 3.63) is 30.2 Å². The van der Waals surface area contributed by atoms with Crippen molar-refractivity contribution in [2.45, 2.75) is 44.1 Å². The van der Waals surface area contributed by atoms with Crippen molar-refractivity contribution in [2.24, 2.45) is 11.8 Å². The van der Waals surface area contributed by atoms with Crippen LogP contribution in [0, 0.1) is 11.8 Å². The van der Waals surface area contributed by atoms with Gasteiger partial charge in [-0.25, -0.2) is 19.5 Å². The summed E-state index contributed by atoms with van der Waals surface area (Å²) in [4.78, 5) is 13.8. The Balaban J connectivity index is 1.34. The van der Waals surface area contributed by atoms with Gasteiger partial charge in [-0.15, -0.1) is 0 Å². The lowest BCUT2D eigenvalue weighted by Crippen LogP contribution is -2.43. The van der Waals surface area contributed by atoms with E-state index < -0.39 is 0 Å². The van der Waals surface area contributed by atoms with Crippen molar-refractivity contribution < 1.29 is 4.74 Å². The van der Waals surface area contributed by atoms with Crippen LogP contribution in [0.1, 0.15) is 43.7 Å². The van der Waals surface area contributed by atoms with Gasteiger partial charge in [0.15, 0.2) is 5.65 Å². The maximum absolute atomic E-state index is 5.68. The normalized spacial score (nSPS) is 27.8. The number of ether oxygens (including phenoxy) is 1. The standard InChI is InChI=1S/C22H27N7O/c1-30-19-10-20-25-12-18(29(20)28-21(19)16-9-13-4-5-15(13)16)17-6-8-24-22(27-17)26-14-3-2-7-23-11-14/h6,8,10,12-16,23H,2-5,7,9,11H2,1H3,(H,24,26,27)/t13?,14-,15?,16?/m1/s1. The molecule has 2 N–H and O–H groups in total. The maximum atomic E-state index is 5.68. The summed E-state index contributed by atoms with van der Waals surface area (Å²) in [7, 11) is 1.72. The van der Waals surface area contributed by atoms with Crippen LogP contribution >= 0.6 is 0 Å². The fourth-order valence-corrected chi connectivity index (χ4v) is 5.27. The summed E-state index contributed by atoms with van der Waals surface area (Å²) in [6.07, 6.45) is 9.84. The highest BCUT2D eigenvalue weighted by atomic mass is 16.5. The van der Waals surface area contributed by atoms with E-state index in [2.05, 4.69) is 20.6 Å². The first-order valence-corrected chi connectivity index (χ1v) is 11.0. The van der Waals surface area contributed by atoms with Crippen LogP contribution in [-0.2, 0) is 0 Å². The smallest absolute Gasteiger partial charge is 0.223 e.